The maximum Gasteiger partial charge on any atom is 0.164 e. The summed E-state index contributed by atoms with van der Waals surface area (Å²) in [7, 11) is 0. The molecule has 13 rings (SSSR count). The Morgan fingerprint density at radius 3 is 0.863 bits per heavy atom. The van der Waals surface area contributed by atoms with Crippen molar-refractivity contribution in [2.24, 2.45) is 0 Å². The molecule has 0 atom stereocenters. The minimum absolute atomic E-state index is 0.594. The predicted molar refractivity (Wildman–Crippen MR) is 296 cm³/mol. The first-order valence-corrected chi connectivity index (χ1v) is 24.3. The Balaban J connectivity index is 1.02. The van der Waals surface area contributed by atoms with Gasteiger partial charge in [-0.3, -0.25) is 0 Å². The molecule has 73 heavy (non-hydrogen) atoms. The lowest BCUT2D eigenvalue weighted by Crippen LogP contribution is -2.00. The quantitative estimate of drug-likeness (QED) is 0.136. The molecule has 10 aromatic carbocycles. The Hall–Kier alpha value is -9.98. The van der Waals surface area contributed by atoms with Crippen molar-refractivity contribution in [1.82, 2.24) is 34.5 Å². The van der Waals surface area contributed by atoms with Crippen molar-refractivity contribution in [3.05, 3.63) is 261 Å². The van der Waals surface area contributed by atoms with Crippen LogP contribution in [0.1, 0.15) is 0 Å². The van der Waals surface area contributed by atoms with Gasteiger partial charge < -0.3 is 4.57 Å². The van der Waals surface area contributed by atoms with E-state index in [9.17, 15) is 0 Å². The molecule has 0 saturated heterocycles. The molecule has 7 heteroatoms. The van der Waals surface area contributed by atoms with Crippen LogP contribution in [0.5, 0.6) is 0 Å². The van der Waals surface area contributed by atoms with Gasteiger partial charge in [-0.1, -0.05) is 224 Å². The minimum Gasteiger partial charge on any atom is -0.309 e. The summed E-state index contributed by atoms with van der Waals surface area (Å²) in [6, 6.07) is 90.4. The average molecular weight is 934 g/mol. The van der Waals surface area contributed by atoms with E-state index in [1.807, 2.05) is 121 Å². The smallest absolute Gasteiger partial charge is 0.164 e. The van der Waals surface area contributed by atoms with E-state index in [1.165, 1.54) is 0 Å². The van der Waals surface area contributed by atoms with Crippen LogP contribution in [-0.4, -0.2) is 34.5 Å². The molecule has 0 unspecified atom stereocenters. The van der Waals surface area contributed by atoms with Crippen LogP contribution in [0.3, 0.4) is 0 Å². The van der Waals surface area contributed by atoms with Crippen LogP contribution < -0.4 is 0 Å². The Bertz CT molecular complexity index is 3930. The van der Waals surface area contributed by atoms with Crippen molar-refractivity contribution >= 4 is 21.8 Å². The van der Waals surface area contributed by atoms with Gasteiger partial charge in [-0.05, 0) is 69.8 Å². The highest BCUT2D eigenvalue weighted by Gasteiger charge is 2.20. The molecule has 3 heterocycles. The predicted octanol–water partition coefficient (Wildman–Crippen LogP) is 16.2. The molecule has 0 bridgehead atoms. The van der Waals surface area contributed by atoms with Crippen molar-refractivity contribution in [1.29, 1.82) is 0 Å². The van der Waals surface area contributed by atoms with Gasteiger partial charge in [0.05, 0.1) is 11.0 Å². The van der Waals surface area contributed by atoms with Gasteiger partial charge in [0.1, 0.15) is 0 Å². The van der Waals surface area contributed by atoms with Gasteiger partial charge in [0, 0.05) is 49.8 Å². The van der Waals surface area contributed by atoms with Gasteiger partial charge in [-0.25, -0.2) is 29.9 Å². The monoisotopic (exact) mass is 933 g/mol. The standard InChI is InChI=1S/C66H43N7/c1-7-20-44(21-8-1)54-39-55(45-22-9-2-10-23-45)41-56(40-54)73-59-42-51(50-32-19-33-52(38-50)65-69-61(46-24-11-3-12-25-46)67-62(70-65)47-26-13-4-14-27-47)34-36-57(59)58-37-35-53(43-60(58)73)66-71-63(48-28-15-5-16-29-48)68-64(72-66)49-30-17-6-18-31-49/h1-43H. The second-order valence-electron chi connectivity index (χ2n) is 18.0. The van der Waals surface area contributed by atoms with E-state index < -0.39 is 0 Å². The van der Waals surface area contributed by atoms with Crippen molar-refractivity contribution < 1.29 is 0 Å². The molecule has 0 N–H and O–H groups in total. The van der Waals surface area contributed by atoms with Crippen LogP contribution in [0.2, 0.25) is 0 Å². The van der Waals surface area contributed by atoms with Crippen LogP contribution in [0.4, 0.5) is 0 Å². The molecular formula is C66H43N7. The molecule has 0 radical (unpaired) electrons. The molecule has 3 aromatic heterocycles. The molecule has 0 saturated carbocycles. The van der Waals surface area contributed by atoms with E-state index in [0.29, 0.717) is 34.9 Å². The molecule has 342 valence electrons. The van der Waals surface area contributed by atoms with E-state index in [-0.39, 0.29) is 0 Å². The number of nitrogens with zero attached hydrogens (tertiary/aromatic N) is 7. The summed E-state index contributed by atoms with van der Waals surface area (Å²) in [6.07, 6.45) is 0. The zero-order valence-corrected chi connectivity index (χ0v) is 39.5. The number of hydrogen-bond acceptors (Lipinski definition) is 6. The number of hydrogen-bond donors (Lipinski definition) is 0. The maximum absolute atomic E-state index is 5.16. The molecule has 7 nitrogen and oxygen atoms in total. The van der Waals surface area contributed by atoms with E-state index >= 15 is 0 Å². The average Bonchev–Trinajstić information content (AvgIpc) is 3.81. The van der Waals surface area contributed by atoms with Crippen molar-refractivity contribution in [2.75, 3.05) is 0 Å². The molecule has 0 amide bonds. The summed E-state index contributed by atoms with van der Waals surface area (Å²) >= 11 is 0. The third-order valence-electron chi connectivity index (χ3n) is 13.3. The zero-order valence-electron chi connectivity index (χ0n) is 39.5. The first kappa shape index (κ1) is 43.1. The molecule has 13 aromatic rings. The Kier molecular flexibility index (Phi) is 11.1. The van der Waals surface area contributed by atoms with Gasteiger partial charge in [0.25, 0.3) is 0 Å². The summed E-state index contributed by atoms with van der Waals surface area (Å²) in [5.74, 6) is 3.67. The fourth-order valence-electron chi connectivity index (χ4n) is 9.66. The molecule has 0 spiro atoms. The van der Waals surface area contributed by atoms with Crippen LogP contribution in [-0.2, 0) is 0 Å². The topological polar surface area (TPSA) is 82.3 Å². The Labute approximate surface area is 422 Å². The lowest BCUT2D eigenvalue weighted by atomic mass is 9.98. The molecule has 0 aliphatic rings. The number of rotatable bonds is 10. The van der Waals surface area contributed by atoms with Crippen LogP contribution in [0.15, 0.2) is 261 Å². The highest BCUT2D eigenvalue weighted by atomic mass is 15.0. The van der Waals surface area contributed by atoms with Gasteiger partial charge in [-0.15, -0.1) is 0 Å². The lowest BCUT2D eigenvalue weighted by molar-refractivity contribution is 1.07. The Morgan fingerprint density at radius 2 is 0.466 bits per heavy atom. The highest BCUT2D eigenvalue weighted by molar-refractivity contribution is 6.11. The zero-order chi connectivity index (χ0) is 48.5. The second kappa shape index (κ2) is 18.7. The van der Waals surface area contributed by atoms with Crippen molar-refractivity contribution in [2.45, 2.75) is 0 Å². The molecular weight excluding hydrogens is 891 g/mol. The summed E-state index contributed by atoms with van der Waals surface area (Å²) in [5, 5.41) is 2.23. The normalized spacial score (nSPS) is 11.3. The van der Waals surface area contributed by atoms with Crippen molar-refractivity contribution in [3.63, 3.8) is 0 Å². The fourth-order valence-corrected chi connectivity index (χ4v) is 9.66. The highest BCUT2D eigenvalue weighted by Crippen LogP contribution is 2.40. The first-order chi connectivity index (χ1) is 36.1. The number of fused-ring (bicyclic) bond motifs is 3. The summed E-state index contributed by atoms with van der Waals surface area (Å²) in [6.45, 7) is 0. The third kappa shape index (κ3) is 8.51. The van der Waals surface area contributed by atoms with Crippen LogP contribution in [0.25, 0.3) is 129 Å². The van der Waals surface area contributed by atoms with E-state index in [4.69, 9.17) is 29.9 Å². The SMILES string of the molecule is c1ccc(-c2cc(-c3ccccc3)cc(-n3c4cc(-c5cccc(-c6nc(-c7ccccc7)nc(-c7ccccc7)n6)c5)ccc4c4ccc(-c5nc(-c6ccccc6)nc(-c6ccccc6)n5)cc43)c2)cc1. The summed E-state index contributed by atoms with van der Waals surface area (Å²) in [5.41, 5.74) is 15.2. The van der Waals surface area contributed by atoms with Crippen LogP contribution >= 0.6 is 0 Å². The molecule has 0 aliphatic carbocycles. The second-order valence-corrected chi connectivity index (χ2v) is 18.0. The van der Waals surface area contributed by atoms with E-state index in [2.05, 4.69) is 144 Å². The number of aromatic nitrogens is 7. The maximum atomic E-state index is 5.16. The Morgan fingerprint density at radius 1 is 0.192 bits per heavy atom. The largest absolute Gasteiger partial charge is 0.309 e. The van der Waals surface area contributed by atoms with Gasteiger partial charge in [0.15, 0.2) is 34.9 Å². The van der Waals surface area contributed by atoms with Crippen molar-refractivity contribution in [3.8, 4) is 107 Å². The molecule has 0 aliphatic heterocycles. The molecule has 0 fully saturated rings. The van der Waals surface area contributed by atoms with Crippen LogP contribution in [0, 0.1) is 0 Å². The van der Waals surface area contributed by atoms with E-state index in [1.54, 1.807) is 0 Å². The van der Waals surface area contributed by atoms with Gasteiger partial charge >= 0.3 is 0 Å². The third-order valence-corrected chi connectivity index (χ3v) is 13.3. The summed E-state index contributed by atoms with van der Waals surface area (Å²) < 4.78 is 2.40. The van der Waals surface area contributed by atoms with Gasteiger partial charge in [0.2, 0.25) is 0 Å². The minimum atomic E-state index is 0.594. The fraction of sp³-hybridized carbons (Fsp3) is 0. The number of benzene rings is 10. The summed E-state index contributed by atoms with van der Waals surface area (Å²) in [4.78, 5) is 30.4. The first-order valence-electron chi connectivity index (χ1n) is 24.3. The lowest BCUT2D eigenvalue weighted by Gasteiger charge is -2.15. The van der Waals surface area contributed by atoms with Gasteiger partial charge in [-0.2, -0.15) is 0 Å². The van der Waals surface area contributed by atoms with E-state index in [0.717, 1.165) is 94.3 Å².